The van der Waals surface area contributed by atoms with Crippen molar-refractivity contribution in [3.63, 3.8) is 0 Å². The van der Waals surface area contributed by atoms with Gasteiger partial charge in [0.2, 0.25) is 5.88 Å². The zero-order valence-electron chi connectivity index (χ0n) is 18.0. The number of carbonyl (C=O) groups is 1. The number of nitrogens with two attached hydrogens (primary N) is 2. The minimum Gasteiger partial charge on any atom is -0.472 e. The number of hydrogen-bond acceptors (Lipinski definition) is 6. The highest BCUT2D eigenvalue weighted by Crippen LogP contribution is 2.31. The highest BCUT2D eigenvalue weighted by molar-refractivity contribution is 6.00. The second-order valence-electron chi connectivity index (χ2n) is 7.78. The van der Waals surface area contributed by atoms with E-state index >= 15 is 0 Å². The van der Waals surface area contributed by atoms with Crippen molar-refractivity contribution in [2.45, 2.75) is 19.7 Å². The predicted octanol–water partition coefficient (Wildman–Crippen LogP) is 3.16. The lowest BCUT2D eigenvalue weighted by atomic mass is 10.1. The molecule has 2 heterocycles. The number of amides is 1. The number of hydrogen-bond donors (Lipinski definition) is 2. The molecule has 4 N–H and O–H groups in total. The number of hydrazine groups is 1. The third kappa shape index (κ3) is 4.93. The van der Waals surface area contributed by atoms with Gasteiger partial charge in [-0.3, -0.25) is 4.79 Å². The maximum atomic E-state index is 13.9. The molecule has 7 nitrogen and oxygen atoms in total. The van der Waals surface area contributed by atoms with E-state index in [0.717, 1.165) is 28.8 Å². The van der Waals surface area contributed by atoms with Crippen LogP contribution in [-0.2, 0) is 19.7 Å². The quantitative estimate of drug-likeness (QED) is 0.423. The van der Waals surface area contributed by atoms with Gasteiger partial charge in [0.05, 0.1) is 5.70 Å². The molecule has 0 unspecified atom stereocenters. The van der Waals surface area contributed by atoms with E-state index in [1.54, 1.807) is 30.4 Å². The lowest BCUT2D eigenvalue weighted by molar-refractivity contribution is 0.0762. The average Bonchev–Trinajstić information content (AvgIpc) is 3.09. The van der Waals surface area contributed by atoms with Gasteiger partial charge in [-0.1, -0.05) is 24.3 Å². The molecule has 1 aliphatic heterocycles. The average molecular weight is 451 g/mol. The van der Waals surface area contributed by atoms with Crippen molar-refractivity contribution in [1.82, 2.24) is 14.9 Å². The highest BCUT2D eigenvalue weighted by atomic mass is 19.1. The van der Waals surface area contributed by atoms with E-state index in [0.29, 0.717) is 24.4 Å². The minimum absolute atomic E-state index is 0.128. The van der Waals surface area contributed by atoms with E-state index in [2.05, 4.69) is 4.98 Å². The van der Waals surface area contributed by atoms with Crippen LogP contribution in [0.4, 0.5) is 8.78 Å². The van der Waals surface area contributed by atoms with Gasteiger partial charge in [0.25, 0.3) is 5.91 Å². The Bertz CT molecular complexity index is 1210. The zero-order chi connectivity index (χ0) is 23.5. The van der Waals surface area contributed by atoms with Crippen LogP contribution in [0, 0.1) is 11.6 Å². The monoisotopic (exact) mass is 451 g/mol. The minimum atomic E-state index is -0.715. The Labute approximate surface area is 189 Å². The van der Waals surface area contributed by atoms with Gasteiger partial charge in [0, 0.05) is 44.2 Å². The van der Waals surface area contributed by atoms with Crippen molar-refractivity contribution in [3.05, 3.63) is 100 Å². The van der Waals surface area contributed by atoms with Gasteiger partial charge in [-0.25, -0.2) is 19.6 Å². The van der Waals surface area contributed by atoms with Crippen LogP contribution < -0.4 is 16.3 Å². The smallest absolute Gasteiger partial charge is 0.260 e. The van der Waals surface area contributed by atoms with Crippen LogP contribution in [0.2, 0.25) is 0 Å². The molecule has 1 aliphatic rings. The topological polar surface area (TPSA) is 97.7 Å². The molecular weight excluding hydrogens is 428 g/mol. The molecule has 2 aromatic carbocycles. The molecule has 0 saturated carbocycles. The van der Waals surface area contributed by atoms with Gasteiger partial charge >= 0.3 is 0 Å². The van der Waals surface area contributed by atoms with Crippen LogP contribution in [0.25, 0.3) is 5.70 Å². The fourth-order valence-electron chi connectivity index (χ4n) is 3.62. The molecule has 0 saturated heterocycles. The molecule has 33 heavy (non-hydrogen) atoms. The van der Waals surface area contributed by atoms with Gasteiger partial charge in [-0.2, -0.15) is 0 Å². The Morgan fingerprint density at radius 3 is 2.67 bits per heavy atom. The van der Waals surface area contributed by atoms with Crippen LogP contribution in [0.1, 0.15) is 32.6 Å². The third-order valence-corrected chi connectivity index (χ3v) is 5.25. The Balaban J connectivity index is 1.46. The second kappa shape index (κ2) is 9.25. The summed E-state index contributed by atoms with van der Waals surface area (Å²) in [6, 6.07) is 12.5. The largest absolute Gasteiger partial charge is 0.472 e. The maximum Gasteiger partial charge on any atom is 0.260 e. The summed E-state index contributed by atoms with van der Waals surface area (Å²) in [5, 5.41) is 1.38. The fourth-order valence-corrected chi connectivity index (χ4v) is 3.62. The number of fused-ring (bicyclic) bond motifs is 1. The molecule has 0 atom stereocenters. The first-order chi connectivity index (χ1) is 15.8. The molecule has 3 aromatic rings. The molecule has 1 aromatic heterocycles. The molecule has 170 valence electrons. The standard InChI is InChI=1S/C24H23F2N5O2/c1-30(28)13-21(27)16-4-2-15(3-5-16)11-31-12-17-8-9-29-23(22(17)24(31)32)33-14-18-6-7-19(25)10-20(18)26/h2-10,13H,11-12,14,27-28H2,1H3/b21-13-. The number of nitrogens with zero attached hydrogens (tertiary/aromatic N) is 3. The van der Waals surface area contributed by atoms with Gasteiger partial charge in [0.15, 0.2) is 0 Å². The highest BCUT2D eigenvalue weighted by Gasteiger charge is 2.31. The van der Waals surface area contributed by atoms with Crippen LogP contribution in [-0.4, -0.2) is 27.8 Å². The number of carbonyl (C=O) groups excluding carboxylic acids is 1. The van der Waals surface area contributed by atoms with Crippen LogP contribution in [0.15, 0.2) is 60.9 Å². The summed E-state index contributed by atoms with van der Waals surface area (Å²) < 4.78 is 32.7. The molecule has 0 spiro atoms. The summed E-state index contributed by atoms with van der Waals surface area (Å²) in [5.74, 6) is 4.11. The molecule has 0 radical (unpaired) electrons. The van der Waals surface area contributed by atoms with Crippen LogP contribution in [0.5, 0.6) is 5.88 Å². The number of aromatic nitrogens is 1. The van der Waals surface area contributed by atoms with Crippen molar-refractivity contribution < 1.29 is 18.3 Å². The van der Waals surface area contributed by atoms with Crippen molar-refractivity contribution in [3.8, 4) is 5.88 Å². The molecule has 0 bridgehead atoms. The summed E-state index contributed by atoms with van der Waals surface area (Å²) >= 11 is 0. The number of ether oxygens (including phenoxy) is 1. The van der Waals surface area contributed by atoms with Crippen LogP contribution in [0.3, 0.4) is 0 Å². The number of pyridine rings is 1. The fraction of sp³-hybridized carbons (Fsp3) is 0.167. The number of rotatable bonds is 7. The Hall–Kier alpha value is -3.98. The lowest BCUT2D eigenvalue weighted by Crippen LogP contribution is -2.23. The maximum absolute atomic E-state index is 13.9. The van der Waals surface area contributed by atoms with Gasteiger partial charge < -0.3 is 20.4 Å². The summed E-state index contributed by atoms with van der Waals surface area (Å²) in [4.78, 5) is 18.9. The molecule has 1 amide bonds. The van der Waals surface area contributed by atoms with Crippen molar-refractivity contribution >= 4 is 11.6 Å². The lowest BCUT2D eigenvalue weighted by Gasteiger charge is -2.16. The molecular formula is C24H23F2N5O2. The molecule has 0 aliphatic carbocycles. The van der Waals surface area contributed by atoms with Crippen molar-refractivity contribution in [1.29, 1.82) is 0 Å². The predicted molar refractivity (Wildman–Crippen MR) is 119 cm³/mol. The molecule has 4 rings (SSSR count). The SMILES string of the molecule is CN(N)/C=C(\N)c1ccc(CN2Cc3ccnc(OCc4ccc(F)cc4F)c3C2=O)cc1. The molecule has 0 fully saturated rings. The van der Waals surface area contributed by atoms with Gasteiger partial charge in [-0.05, 0) is 34.9 Å². The van der Waals surface area contributed by atoms with E-state index in [4.69, 9.17) is 16.3 Å². The van der Waals surface area contributed by atoms with E-state index < -0.39 is 11.6 Å². The van der Waals surface area contributed by atoms with Crippen molar-refractivity contribution in [2.75, 3.05) is 7.05 Å². The van der Waals surface area contributed by atoms with E-state index in [-0.39, 0.29) is 24.0 Å². The first kappa shape index (κ1) is 22.2. The Morgan fingerprint density at radius 1 is 1.21 bits per heavy atom. The van der Waals surface area contributed by atoms with E-state index in [1.165, 1.54) is 11.1 Å². The number of halogens is 2. The first-order valence-corrected chi connectivity index (χ1v) is 10.2. The van der Waals surface area contributed by atoms with Crippen LogP contribution >= 0.6 is 0 Å². The molecule has 9 heteroatoms. The summed E-state index contributed by atoms with van der Waals surface area (Å²) in [5.41, 5.74) is 9.59. The summed E-state index contributed by atoms with van der Waals surface area (Å²) in [6.07, 6.45) is 3.16. The second-order valence-corrected chi connectivity index (χ2v) is 7.78. The first-order valence-electron chi connectivity index (χ1n) is 10.2. The summed E-state index contributed by atoms with van der Waals surface area (Å²) in [6.45, 7) is 0.622. The Kier molecular flexibility index (Phi) is 6.23. The van der Waals surface area contributed by atoms with E-state index in [1.807, 2.05) is 24.3 Å². The van der Waals surface area contributed by atoms with E-state index in [9.17, 15) is 13.6 Å². The normalized spacial score (nSPS) is 13.3. The zero-order valence-corrected chi connectivity index (χ0v) is 18.0. The Morgan fingerprint density at radius 2 is 1.97 bits per heavy atom. The summed E-state index contributed by atoms with van der Waals surface area (Å²) in [7, 11) is 1.68. The van der Waals surface area contributed by atoms with Gasteiger partial charge in [0.1, 0.15) is 23.8 Å². The van der Waals surface area contributed by atoms with Gasteiger partial charge in [-0.15, -0.1) is 0 Å². The third-order valence-electron chi connectivity index (χ3n) is 5.25. The van der Waals surface area contributed by atoms with Crippen molar-refractivity contribution in [2.24, 2.45) is 11.6 Å². The number of benzene rings is 2.